The van der Waals surface area contributed by atoms with E-state index >= 15 is 0 Å². The molecule has 1 aromatic carbocycles. The van der Waals surface area contributed by atoms with Gasteiger partial charge in [0.2, 0.25) is 0 Å². The number of aryl methyl sites for hydroxylation is 1. The van der Waals surface area contributed by atoms with Gasteiger partial charge in [-0.15, -0.1) is 0 Å². The average Bonchev–Trinajstić information content (AvgIpc) is 2.84. The van der Waals surface area contributed by atoms with Gasteiger partial charge in [-0.05, 0) is 18.6 Å². The molecule has 1 aliphatic rings. The van der Waals surface area contributed by atoms with Crippen LogP contribution in [0.5, 0.6) is 0 Å². The molecule has 1 fully saturated rings. The number of rotatable bonds is 1. The lowest BCUT2D eigenvalue weighted by Crippen LogP contribution is -2.30. The number of aliphatic hydroxyl groups is 1. The molecular formula is C13H17N3O. The summed E-state index contributed by atoms with van der Waals surface area (Å²) in [6, 6.07) is 8.57. The summed E-state index contributed by atoms with van der Waals surface area (Å²) < 4.78 is 2.21. The van der Waals surface area contributed by atoms with E-state index in [-0.39, 0.29) is 6.04 Å². The maximum absolute atomic E-state index is 9.55. The van der Waals surface area contributed by atoms with Crippen molar-refractivity contribution in [1.29, 1.82) is 0 Å². The van der Waals surface area contributed by atoms with Crippen molar-refractivity contribution < 1.29 is 5.11 Å². The molecule has 17 heavy (non-hydrogen) atoms. The molecule has 1 aromatic heterocycles. The van der Waals surface area contributed by atoms with Crippen LogP contribution in [0.25, 0.3) is 10.9 Å². The Bertz CT molecular complexity index is 561. The van der Waals surface area contributed by atoms with E-state index in [9.17, 15) is 5.11 Å². The highest BCUT2D eigenvalue weighted by molar-refractivity contribution is 5.86. The molecule has 0 bridgehead atoms. The molecule has 1 saturated heterocycles. The molecule has 4 nitrogen and oxygen atoms in total. The van der Waals surface area contributed by atoms with Crippen LogP contribution in [0.4, 0.5) is 0 Å². The Hall–Kier alpha value is -1.36. The Morgan fingerprint density at radius 1 is 1.29 bits per heavy atom. The number of hydrogen-bond acceptors (Lipinski definition) is 3. The van der Waals surface area contributed by atoms with Crippen LogP contribution in [-0.2, 0) is 7.05 Å². The average molecular weight is 231 g/mol. The Morgan fingerprint density at radius 3 is 2.76 bits per heavy atom. The minimum atomic E-state index is -0.460. The number of benzene rings is 1. The highest BCUT2D eigenvalue weighted by Crippen LogP contribution is 2.33. The van der Waals surface area contributed by atoms with Gasteiger partial charge in [-0.3, -0.25) is 0 Å². The summed E-state index contributed by atoms with van der Waals surface area (Å²) in [6.07, 6.45) is 0.243. The molecule has 1 aliphatic heterocycles. The third-order valence-electron chi connectivity index (χ3n) is 3.68. The predicted octanol–water partition coefficient (Wildman–Crippen LogP) is 1.34. The van der Waals surface area contributed by atoms with Crippen LogP contribution in [0.1, 0.15) is 23.7 Å². The predicted molar refractivity (Wildman–Crippen MR) is 67.3 cm³/mol. The van der Waals surface area contributed by atoms with Crippen molar-refractivity contribution in [1.82, 2.24) is 15.4 Å². The summed E-state index contributed by atoms with van der Waals surface area (Å²) in [6.45, 7) is 2.13. The zero-order valence-corrected chi connectivity index (χ0v) is 10.1. The molecule has 0 aliphatic carbocycles. The van der Waals surface area contributed by atoms with E-state index in [2.05, 4.69) is 53.7 Å². The third kappa shape index (κ3) is 1.57. The van der Waals surface area contributed by atoms with Crippen LogP contribution in [0, 0.1) is 6.92 Å². The van der Waals surface area contributed by atoms with E-state index < -0.39 is 6.23 Å². The molecule has 4 heteroatoms. The lowest BCUT2D eigenvalue weighted by Gasteiger charge is -2.10. The van der Waals surface area contributed by atoms with Crippen molar-refractivity contribution in [3.8, 4) is 0 Å². The second-order valence-electron chi connectivity index (χ2n) is 4.67. The first kappa shape index (κ1) is 10.8. The number of hydrazine groups is 1. The quantitative estimate of drug-likeness (QED) is 0.694. The second-order valence-corrected chi connectivity index (χ2v) is 4.67. The molecule has 0 saturated carbocycles. The molecule has 3 rings (SSSR count). The first-order valence-electron chi connectivity index (χ1n) is 5.91. The van der Waals surface area contributed by atoms with Crippen LogP contribution in [0.2, 0.25) is 0 Å². The Labute approximate surface area is 100 Å². The SMILES string of the molecule is Cc1c(C2CC(O)NN2)c2ccccc2n1C. The third-order valence-corrected chi connectivity index (χ3v) is 3.68. The van der Waals surface area contributed by atoms with E-state index in [1.54, 1.807) is 0 Å². The van der Waals surface area contributed by atoms with Crippen LogP contribution in [0.3, 0.4) is 0 Å². The fraction of sp³-hybridized carbons (Fsp3) is 0.385. The largest absolute Gasteiger partial charge is 0.377 e. The zero-order valence-electron chi connectivity index (χ0n) is 10.1. The number of hydrogen-bond donors (Lipinski definition) is 3. The standard InChI is InChI=1S/C13H17N3O/c1-8-13(10-7-12(17)15-14-10)9-5-3-4-6-11(9)16(8)2/h3-6,10,12,14-15,17H,7H2,1-2H3. The van der Waals surface area contributed by atoms with E-state index in [1.165, 1.54) is 22.2 Å². The smallest absolute Gasteiger partial charge is 0.119 e. The summed E-state index contributed by atoms with van der Waals surface area (Å²) in [5.74, 6) is 0. The fourth-order valence-electron chi connectivity index (χ4n) is 2.72. The monoisotopic (exact) mass is 231 g/mol. The zero-order chi connectivity index (χ0) is 12.0. The summed E-state index contributed by atoms with van der Waals surface area (Å²) in [5, 5.41) is 10.8. The summed E-state index contributed by atoms with van der Waals surface area (Å²) in [5.41, 5.74) is 9.79. The van der Waals surface area contributed by atoms with Gasteiger partial charge in [-0.25, -0.2) is 10.9 Å². The molecule has 2 aromatic rings. The fourth-order valence-corrected chi connectivity index (χ4v) is 2.72. The lowest BCUT2D eigenvalue weighted by atomic mass is 10.0. The van der Waals surface area contributed by atoms with E-state index in [1.807, 2.05) is 0 Å². The molecule has 0 spiro atoms. The first-order valence-corrected chi connectivity index (χ1v) is 5.91. The van der Waals surface area contributed by atoms with Crippen molar-refractivity contribution in [3.63, 3.8) is 0 Å². The Kier molecular flexibility index (Phi) is 2.43. The second kappa shape index (κ2) is 3.84. The van der Waals surface area contributed by atoms with Gasteiger partial charge in [0.05, 0.1) is 6.04 Å². The number of para-hydroxylation sites is 1. The van der Waals surface area contributed by atoms with Gasteiger partial charge >= 0.3 is 0 Å². The first-order chi connectivity index (χ1) is 8.18. The highest BCUT2D eigenvalue weighted by Gasteiger charge is 2.27. The van der Waals surface area contributed by atoms with Gasteiger partial charge in [0.25, 0.3) is 0 Å². The normalized spacial score (nSPS) is 24.6. The summed E-state index contributed by atoms with van der Waals surface area (Å²) in [7, 11) is 2.08. The molecular weight excluding hydrogens is 214 g/mol. The van der Waals surface area contributed by atoms with E-state index in [0.717, 1.165) is 0 Å². The van der Waals surface area contributed by atoms with Gasteiger partial charge in [-0.1, -0.05) is 18.2 Å². The Balaban J connectivity index is 2.18. The van der Waals surface area contributed by atoms with Crippen molar-refractivity contribution in [2.24, 2.45) is 7.05 Å². The molecule has 2 heterocycles. The van der Waals surface area contributed by atoms with Gasteiger partial charge in [0, 0.05) is 30.1 Å². The van der Waals surface area contributed by atoms with Crippen molar-refractivity contribution in [3.05, 3.63) is 35.5 Å². The molecule has 0 amide bonds. The summed E-state index contributed by atoms with van der Waals surface area (Å²) in [4.78, 5) is 0. The van der Waals surface area contributed by atoms with Crippen LogP contribution < -0.4 is 10.9 Å². The number of aromatic nitrogens is 1. The van der Waals surface area contributed by atoms with Crippen molar-refractivity contribution in [2.45, 2.75) is 25.6 Å². The maximum Gasteiger partial charge on any atom is 0.119 e. The van der Waals surface area contributed by atoms with Gasteiger partial charge in [0.1, 0.15) is 6.23 Å². The molecule has 90 valence electrons. The maximum atomic E-state index is 9.55. The molecule has 2 atom stereocenters. The van der Waals surface area contributed by atoms with Crippen LogP contribution >= 0.6 is 0 Å². The van der Waals surface area contributed by atoms with Gasteiger partial charge in [0.15, 0.2) is 0 Å². The van der Waals surface area contributed by atoms with Crippen LogP contribution in [0.15, 0.2) is 24.3 Å². The van der Waals surface area contributed by atoms with Gasteiger partial charge in [-0.2, -0.15) is 0 Å². The Morgan fingerprint density at radius 2 is 2.06 bits per heavy atom. The number of nitrogens with zero attached hydrogens (tertiary/aromatic N) is 1. The lowest BCUT2D eigenvalue weighted by molar-refractivity contribution is 0.153. The number of nitrogens with one attached hydrogen (secondary N) is 2. The van der Waals surface area contributed by atoms with Crippen LogP contribution in [-0.4, -0.2) is 15.9 Å². The minimum absolute atomic E-state index is 0.177. The van der Waals surface area contributed by atoms with E-state index in [0.29, 0.717) is 6.42 Å². The van der Waals surface area contributed by atoms with Crippen molar-refractivity contribution >= 4 is 10.9 Å². The topological polar surface area (TPSA) is 49.2 Å². The molecule has 0 radical (unpaired) electrons. The molecule has 3 N–H and O–H groups in total. The highest BCUT2D eigenvalue weighted by atomic mass is 16.3. The number of fused-ring (bicyclic) bond motifs is 1. The summed E-state index contributed by atoms with van der Waals surface area (Å²) >= 11 is 0. The van der Waals surface area contributed by atoms with Crippen molar-refractivity contribution in [2.75, 3.05) is 0 Å². The van der Waals surface area contributed by atoms with Gasteiger partial charge < -0.3 is 9.67 Å². The molecule has 2 unspecified atom stereocenters. The number of aliphatic hydroxyl groups excluding tert-OH is 1. The van der Waals surface area contributed by atoms with E-state index in [4.69, 9.17) is 0 Å². The minimum Gasteiger partial charge on any atom is -0.377 e.